The molecule has 7 nitrogen and oxygen atoms in total. The fourth-order valence-electron chi connectivity index (χ4n) is 3.98. The molecule has 0 spiro atoms. The maximum absolute atomic E-state index is 12.2. The van der Waals surface area contributed by atoms with Gasteiger partial charge in [-0.3, -0.25) is 10.1 Å². The Morgan fingerprint density at radius 2 is 1.67 bits per heavy atom. The summed E-state index contributed by atoms with van der Waals surface area (Å²) < 4.78 is 12.4. The maximum Gasteiger partial charge on any atom is 0.227 e. The fraction of sp³-hybridized carbons (Fsp3) is 0.310. The van der Waals surface area contributed by atoms with Crippen LogP contribution in [0.4, 0.5) is 0 Å². The molecule has 0 saturated carbocycles. The Hall–Kier alpha value is -4.00. The third-order valence-corrected chi connectivity index (χ3v) is 5.78. The highest BCUT2D eigenvalue weighted by molar-refractivity contribution is 5.96. The first-order valence-electron chi connectivity index (χ1n) is 12.2. The Balaban J connectivity index is 1.76. The lowest BCUT2D eigenvalue weighted by atomic mass is 9.91. The number of hydrazone groups is 1. The van der Waals surface area contributed by atoms with Gasteiger partial charge in [0.1, 0.15) is 18.1 Å². The molecular formula is C29H36N4O3. The second kappa shape index (κ2) is 13.8. The molecule has 0 aliphatic heterocycles. The van der Waals surface area contributed by atoms with E-state index in [2.05, 4.69) is 48.5 Å². The zero-order valence-corrected chi connectivity index (χ0v) is 21.0. The van der Waals surface area contributed by atoms with E-state index >= 15 is 0 Å². The molecule has 0 aromatic heterocycles. The third-order valence-electron chi connectivity index (χ3n) is 5.78. The van der Waals surface area contributed by atoms with Gasteiger partial charge in [-0.25, -0.2) is 0 Å². The van der Waals surface area contributed by atoms with E-state index in [1.54, 1.807) is 0 Å². The molecule has 5 N–H and O–H groups in total. The number of para-hydroxylation sites is 1. The van der Waals surface area contributed by atoms with Crippen LogP contribution in [0.15, 0.2) is 84.0 Å². The minimum atomic E-state index is -0.258. The van der Waals surface area contributed by atoms with Gasteiger partial charge in [-0.05, 0) is 53.6 Å². The summed E-state index contributed by atoms with van der Waals surface area (Å²) in [6, 6.07) is 26.1. The first-order valence-corrected chi connectivity index (χ1v) is 12.2. The summed E-state index contributed by atoms with van der Waals surface area (Å²) in [5, 5.41) is 5.75. The topological polar surface area (TPSA) is 112 Å². The standard InChI is InChI=1S/C29H36N4O3/c1-21(2)17-25(23-9-5-3-6-10-23)20-36-27-18-22(19-35-26-11-7-4-8-12-26)13-14-24(27)15-16-28(34)32-29(30)33-31/h3-14,18,21,25H,15-17,19-20,31H2,1-2H3,(H3,30,32,33,34). The number of guanidine groups is 1. The number of nitrogens with two attached hydrogens (primary N) is 2. The van der Waals surface area contributed by atoms with Crippen LogP contribution in [-0.4, -0.2) is 18.5 Å². The molecular weight excluding hydrogens is 452 g/mol. The normalized spacial score (nSPS) is 12.2. The van der Waals surface area contributed by atoms with E-state index in [9.17, 15) is 4.79 Å². The van der Waals surface area contributed by atoms with Crippen molar-refractivity contribution >= 4 is 11.9 Å². The molecule has 3 aromatic rings. The van der Waals surface area contributed by atoms with Crippen LogP contribution < -0.4 is 26.4 Å². The molecule has 0 fully saturated rings. The number of carbonyl (C=O) groups excluding carboxylic acids is 1. The summed E-state index contributed by atoms with van der Waals surface area (Å²) in [5.41, 5.74) is 8.69. The third kappa shape index (κ3) is 8.65. The van der Waals surface area contributed by atoms with Gasteiger partial charge in [0, 0.05) is 12.3 Å². The van der Waals surface area contributed by atoms with E-state index in [0.29, 0.717) is 25.6 Å². The summed E-state index contributed by atoms with van der Waals surface area (Å²) in [6.45, 7) is 5.39. The average molecular weight is 489 g/mol. The Kier molecular flexibility index (Phi) is 10.2. The van der Waals surface area contributed by atoms with Crippen LogP contribution in [0.3, 0.4) is 0 Å². The molecule has 36 heavy (non-hydrogen) atoms. The molecule has 3 rings (SSSR count). The summed E-state index contributed by atoms with van der Waals surface area (Å²) in [5.74, 6) is 7.08. The second-order valence-electron chi connectivity index (χ2n) is 9.15. The van der Waals surface area contributed by atoms with Crippen LogP contribution in [0.1, 0.15) is 49.3 Å². The number of ether oxygens (including phenoxy) is 2. The van der Waals surface area contributed by atoms with E-state index in [4.69, 9.17) is 21.1 Å². The molecule has 0 bridgehead atoms. The van der Waals surface area contributed by atoms with Crippen molar-refractivity contribution in [2.45, 2.75) is 45.6 Å². The molecule has 0 heterocycles. The van der Waals surface area contributed by atoms with Crippen molar-refractivity contribution in [1.82, 2.24) is 5.32 Å². The van der Waals surface area contributed by atoms with Crippen molar-refractivity contribution in [1.29, 1.82) is 0 Å². The number of benzene rings is 3. The Morgan fingerprint density at radius 3 is 2.33 bits per heavy atom. The van der Waals surface area contributed by atoms with Gasteiger partial charge in [-0.15, -0.1) is 5.10 Å². The highest BCUT2D eigenvalue weighted by Crippen LogP contribution is 2.28. The van der Waals surface area contributed by atoms with Gasteiger partial charge < -0.3 is 21.1 Å². The van der Waals surface area contributed by atoms with Gasteiger partial charge in [0.05, 0.1) is 6.61 Å². The lowest BCUT2D eigenvalue weighted by molar-refractivity contribution is -0.119. The Labute approximate surface area is 213 Å². The highest BCUT2D eigenvalue weighted by atomic mass is 16.5. The zero-order valence-electron chi connectivity index (χ0n) is 21.0. The number of amides is 1. The van der Waals surface area contributed by atoms with E-state index in [1.165, 1.54) is 5.56 Å². The molecule has 0 aliphatic rings. The first kappa shape index (κ1) is 26.6. The number of hydrogen-bond donors (Lipinski definition) is 3. The van der Waals surface area contributed by atoms with Crippen molar-refractivity contribution in [3.05, 3.63) is 95.6 Å². The quantitative estimate of drug-likeness (QED) is 0.148. The van der Waals surface area contributed by atoms with Crippen molar-refractivity contribution in [3.63, 3.8) is 0 Å². The van der Waals surface area contributed by atoms with Gasteiger partial charge >= 0.3 is 0 Å². The molecule has 0 saturated heterocycles. The number of hydrogen-bond acceptors (Lipinski definition) is 5. The predicted octanol–water partition coefficient (Wildman–Crippen LogP) is 4.71. The predicted molar refractivity (Wildman–Crippen MR) is 144 cm³/mol. The van der Waals surface area contributed by atoms with Gasteiger partial charge in [0.25, 0.3) is 0 Å². The molecule has 1 unspecified atom stereocenters. The lowest BCUT2D eigenvalue weighted by Gasteiger charge is -2.22. The van der Waals surface area contributed by atoms with Gasteiger partial charge in [-0.2, -0.15) is 0 Å². The van der Waals surface area contributed by atoms with Crippen molar-refractivity contribution in [3.8, 4) is 11.5 Å². The molecule has 0 aliphatic carbocycles. The minimum Gasteiger partial charge on any atom is -0.493 e. The van der Waals surface area contributed by atoms with Crippen molar-refractivity contribution < 1.29 is 14.3 Å². The second-order valence-corrected chi connectivity index (χ2v) is 9.15. The van der Waals surface area contributed by atoms with E-state index in [-0.39, 0.29) is 24.2 Å². The summed E-state index contributed by atoms with van der Waals surface area (Å²) >= 11 is 0. The smallest absolute Gasteiger partial charge is 0.227 e. The largest absolute Gasteiger partial charge is 0.493 e. The Bertz CT molecular complexity index is 1120. The Morgan fingerprint density at radius 1 is 0.972 bits per heavy atom. The maximum atomic E-state index is 12.2. The van der Waals surface area contributed by atoms with Crippen LogP contribution in [-0.2, 0) is 17.8 Å². The van der Waals surface area contributed by atoms with Gasteiger partial charge in [-0.1, -0.05) is 74.5 Å². The number of nitrogens with one attached hydrogen (secondary N) is 1. The monoisotopic (exact) mass is 488 g/mol. The molecule has 7 heteroatoms. The summed E-state index contributed by atoms with van der Waals surface area (Å²) in [4.78, 5) is 12.2. The highest BCUT2D eigenvalue weighted by Gasteiger charge is 2.16. The summed E-state index contributed by atoms with van der Waals surface area (Å²) in [7, 11) is 0. The average Bonchev–Trinajstić information content (AvgIpc) is 2.90. The lowest BCUT2D eigenvalue weighted by Crippen LogP contribution is -2.37. The number of rotatable bonds is 12. The van der Waals surface area contributed by atoms with Gasteiger partial charge in [0.15, 0.2) is 0 Å². The number of carbonyl (C=O) groups is 1. The van der Waals surface area contributed by atoms with Crippen LogP contribution in [0, 0.1) is 5.92 Å². The van der Waals surface area contributed by atoms with Crippen LogP contribution >= 0.6 is 0 Å². The van der Waals surface area contributed by atoms with E-state index < -0.39 is 0 Å². The molecule has 1 atom stereocenters. The first-order chi connectivity index (χ1) is 17.4. The molecule has 1 amide bonds. The fourth-order valence-corrected chi connectivity index (χ4v) is 3.98. The zero-order chi connectivity index (χ0) is 25.8. The molecule has 0 radical (unpaired) electrons. The number of aryl methyl sites for hydroxylation is 1. The summed E-state index contributed by atoms with van der Waals surface area (Å²) in [6.07, 6.45) is 1.72. The van der Waals surface area contributed by atoms with Crippen LogP contribution in [0.2, 0.25) is 0 Å². The van der Waals surface area contributed by atoms with E-state index in [1.807, 2.05) is 54.6 Å². The molecule has 190 valence electrons. The minimum absolute atomic E-state index is 0.107. The van der Waals surface area contributed by atoms with Crippen molar-refractivity contribution in [2.24, 2.45) is 22.6 Å². The van der Waals surface area contributed by atoms with Crippen LogP contribution in [0.5, 0.6) is 11.5 Å². The SMILES string of the molecule is CC(C)CC(COc1cc(COc2ccccc2)ccc1CCC(=O)N/C(N)=N/N)c1ccccc1. The van der Waals surface area contributed by atoms with Crippen LogP contribution in [0.25, 0.3) is 0 Å². The van der Waals surface area contributed by atoms with Crippen molar-refractivity contribution in [2.75, 3.05) is 6.61 Å². The molecule has 3 aromatic carbocycles. The van der Waals surface area contributed by atoms with E-state index in [0.717, 1.165) is 29.0 Å². The number of nitrogens with zero attached hydrogens (tertiary/aromatic N) is 1. The van der Waals surface area contributed by atoms with Gasteiger partial charge in [0.2, 0.25) is 11.9 Å².